The van der Waals surface area contributed by atoms with Crippen molar-refractivity contribution in [1.29, 1.82) is 0 Å². The lowest BCUT2D eigenvalue weighted by atomic mass is 10.1. The van der Waals surface area contributed by atoms with Crippen molar-refractivity contribution >= 4 is 23.6 Å². The number of aliphatic hydroxyl groups is 1. The quantitative estimate of drug-likeness (QED) is 0.586. The third-order valence-corrected chi connectivity index (χ3v) is 3.68. The molecule has 0 saturated carbocycles. The second-order valence-corrected chi connectivity index (χ2v) is 6.24. The van der Waals surface area contributed by atoms with E-state index in [1.807, 2.05) is 0 Å². The third-order valence-electron chi connectivity index (χ3n) is 2.43. The first-order valence-electron chi connectivity index (χ1n) is 5.39. The van der Waals surface area contributed by atoms with Crippen molar-refractivity contribution in [2.45, 2.75) is 38.2 Å². The highest BCUT2D eigenvalue weighted by atomic mass is 32.2. The molecule has 0 aromatic carbocycles. The largest absolute Gasteiger partial charge is 0.455 e. The smallest absolute Gasteiger partial charge is 0.356 e. The highest BCUT2D eigenvalue weighted by Gasteiger charge is 2.49. The first kappa shape index (κ1) is 12.4. The zero-order valence-electron chi connectivity index (χ0n) is 10.0. The van der Waals surface area contributed by atoms with Crippen molar-refractivity contribution in [3.05, 3.63) is 10.6 Å². The van der Waals surface area contributed by atoms with Gasteiger partial charge < -0.3 is 9.84 Å². The number of amides is 1. The Labute approximate surface area is 104 Å². The summed E-state index contributed by atoms with van der Waals surface area (Å²) in [5, 5.41) is 9.17. The zero-order valence-corrected chi connectivity index (χ0v) is 10.8. The van der Waals surface area contributed by atoms with Gasteiger partial charge in [-0.3, -0.25) is 9.69 Å². The summed E-state index contributed by atoms with van der Waals surface area (Å²) < 4.78 is 5.24. The number of β-lactam (4-membered cyclic amide) rings is 1. The second-order valence-electron chi connectivity index (χ2n) is 4.97. The van der Waals surface area contributed by atoms with Crippen LogP contribution in [0.4, 0.5) is 0 Å². The number of thioether (sulfide) groups is 1. The van der Waals surface area contributed by atoms with Crippen LogP contribution in [0.5, 0.6) is 0 Å². The van der Waals surface area contributed by atoms with Gasteiger partial charge in [-0.1, -0.05) is 11.8 Å². The minimum Gasteiger partial charge on any atom is -0.455 e. The molecule has 1 saturated heterocycles. The van der Waals surface area contributed by atoms with Crippen LogP contribution in [0.15, 0.2) is 10.6 Å². The average Bonchev–Trinajstić information content (AvgIpc) is 2.47. The minimum absolute atomic E-state index is 0.0350. The van der Waals surface area contributed by atoms with E-state index < -0.39 is 11.6 Å². The van der Waals surface area contributed by atoms with Gasteiger partial charge in [0.05, 0.1) is 18.4 Å². The van der Waals surface area contributed by atoms with Crippen molar-refractivity contribution < 1.29 is 19.4 Å². The van der Waals surface area contributed by atoms with Gasteiger partial charge in [-0.25, -0.2) is 4.79 Å². The fourth-order valence-electron chi connectivity index (χ4n) is 1.76. The summed E-state index contributed by atoms with van der Waals surface area (Å²) in [7, 11) is 0. The summed E-state index contributed by atoms with van der Waals surface area (Å²) in [6.07, 6.45) is 0.417. The van der Waals surface area contributed by atoms with Crippen LogP contribution in [0.3, 0.4) is 0 Å². The van der Waals surface area contributed by atoms with Gasteiger partial charge in [-0.2, -0.15) is 0 Å². The van der Waals surface area contributed by atoms with Gasteiger partial charge in [0.2, 0.25) is 5.91 Å². The number of hydrogen-bond acceptors (Lipinski definition) is 5. The van der Waals surface area contributed by atoms with Crippen LogP contribution in [0.1, 0.15) is 27.2 Å². The fourth-order valence-corrected chi connectivity index (χ4v) is 3.01. The first-order chi connectivity index (χ1) is 7.83. The Morgan fingerprint density at radius 1 is 1.59 bits per heavy atom. The van der Waals surface area contributed by atoms with Crippen molar-refractivity contribution in [1.82, 2.24) is 4.90 Å². The monoisotopic (exact) mass is 257 g/mol. The van der Waals surface area contributed by atoms with E-state index in [0.29, 0.717) is 11.3 Å². The summed E-state index contributed by atoms with van der Waals surface area (Å²) in [6.45, 7) is 5.06. The number of aliphatic hydroxyl groups excluding tert-OH is 1. The molecule has 17 heavy (non-hydrogen) atoms. The summed E-state index contributed by atoms with van der Waals surface area (Å²) >= 11 is 1.36. The van der Waals surface area contributed by atoms with Crippen molar-refractivity contribution in [2.24, 2.45) is 0 Å². The Bertz CT molecular complexity index is 410. The lowest BCUT2D eigenvalue weighted by Crippen LogP contribution is -2.49. The molecule has 2 rings (SSSR count). The van der Waals surface area contributed by atoms with Crippen molar-refractivity contribution in [3.8, 4) is 0 Å². The van der Waals surface area contributed by atoms with E-state index in [9.17, 15) is 14.7 Å². The maximum Gasteiger partial charge on any atom is 0.356 e. The lowest BCUT2D eigenvalue weighted by Gasteiger charge is -2.35. The Kier molecular flexibility index (Phi) is 2.95. The molecule has 0 aliphatic carbocycles. The highest BCUT2D eigenvalue weighted by molar-refractivity contribution is 8.04. The third kappa shape index (κ3) is 2.19. The van der Waals surface area contributed by atoms with E-state index in [1.165, 1.54) is 16.7 Å². The second kappa shape index (κ2) is 4.03. The normalized spacial score (nSPS) is 23.6. The van der Waals surface area contributed by atoms with E-state index in [2.05, 4.69) is 0 Å². The topological polar surface area (TPSA) is 66.8 Å². The Morgan fingerprint density at radius 3 is 2.71 bits per heavy atom. The van der Waals surface area contributed by atoms with Gasteiger partial charge in [-0.05, 0) is 20.8 Å². The number of carbonyl (C=O) groups excluding carboxylic acids is 2. The molecule has 2 aliphatic heterocycles. The predicted octanol–water partition coefficient (Wildman–Crippen LogP) is 0.837. The molecular formula is C11H15NO4S. The molecule has 0 radical (unpaired) electrons. The summed E-state index contributed by atoms with van der Waals surface area (Å²) in [6, 6.07) is 0. The molecule has 1 unspecified atom stereocenters. The molecule has 6 heteroatoms. The lowest BCUT2D eigenvalue weighted by molar-refractivity contribution is -0.156. The number of carbonyl (C=O) groups is 2. The Hall–Kier alpha value is -1.01. The fraction of sp³-hybridized carbons (Fsp3) is 0.636. The van der Waals surface area contributed by atoms with Crippen LogP contribution in [0, 0.1) is 0 Å². The molecule has 0 bridgehead atoms. The molecule has 94 valence electrons. The van der Waals surface area contributed by atoms with Crippen LogP contribution in [0.25, 0.3) is 0 Å². The van der Waals surface area contributed by atoms with Gasteiger partial charge in [0.15, 0.2) is 0 Å². The summed E-state index contributed by atoms with van der Waals surface area (Å²) in [5.74, 6) is -0.628. The number of nitrogens with zero attached hydrogens (tertiary/aromatic N) is 1. The first-order valence-corrected chi connectivity index (χ1v) is 6.27. The SMILES string of the molecule is CC(C)(C)OC(=O)C1=C(CO)SC2CC(=O)N12. The number of fused-ring (bicyclic) bond motifs is 1. The molecule has 1 atom stereocenters. The van der Waals surface area contributed by atoms with Gasteiger partial charge >= 0.3 is 5.97 Å². The van der Waals surface area contributed by atoms with Crippen molar-refractivity contribution in [3.63, 3.8) is 0 Å². The number of ether oxygens (including phenoxy) is 1. The van der Waals surface area contributed by atoms with Crippen LogP contribution in [-0.4, -0.2) is 39.5 Å². The van der Waals surface area contributed by atoms with E-state index in [0.717, 1.165) is 0 Å². The predicted molar refractivity (Wildman–Crippen MR) is 62.8 cm³/mol. The molecule has 5 nitrogen and oxygen atoms in total. The molecule has 1 N–H and O–H groups in total. The van der Waals surface area contributed by atoms with Gasteiger partial charge in [0, 0.05) is 4.91 Å². The summed E-state index contributed by atoms with van der Waals surface area (Å²) in [4.78, 5) is 25.4. The number of rotatable bonds is 2. The molecule has 0 aromatic heterocycles. The number of esters is 1. The van der Waals surface area contributed by atoms with E-state index in [-0.39, 0.29) is 23.6 Å². The minimum atomic E-state index is -0.610. The Morgan fingerprint density at radius 2 is 2.24 bits per heavy atom. The molecule has 1 amide bonds. The highest BCUT2D eigenvalue weighted by Crippen LogP contribution is 2.46. The molecule has 1 fully saturated rings. The zero-order chi connectivity index (χ0) is 12.8. The number of hydrogen-bond donors (Lipinski definition) is 1. The molecule has 2 aliphatic rings. The Balaban J connectivity index is 2.22. The van der Waals surface area contributed by atoms with Crippen LogP contribution in [0.2, 0.25) is 0 Å². The van der Waals surface area contributed by atoms with E-state index >= 15 is 0 Å². The molecular weight excluding hydrogens is 242 g/mol. The van der Waals surface area contributed by atoms with Gasteiger partial charge in [-0.15, -0.1) is 0 Å². The van der Waals surface area contributed by atoms with E-state index in [1.54, 1.807) is 20.8 Å². The maximum atomic E-state index is 12.0. The van der Waals surface area contributed by atoms with E-state index in [4.69, 9.17) is 4.74 Å². The molecule has 0 spiro atoms. The van der Waals surface area contributed by atoms with Gasteiger partial charge in [0.25, 0.3) is 0 Å². The van der Waals surface area contributed by atoms with Gasteiger partial charge in [0.1, 0.15) is 11.3 Å². The molecule has 0 aromatic rings. The standard InChI is InChI=1S/C11H15NO4S/c1-11(2,3)16-10(15)9-6(5-13)17-8-4-7(14)12(8)9/h8,13H,4-5H2,1-3H3. The molecule has 2 heterocycles. The van der Waals surface area contributed by atoms with Crippen LogP contribution >= 0.6 is 11.8 Å². The van der Waals surface area contributed by atoms with Crippen LogP contribution < -0.4 is 0 Å². The van der Waals surface area contributed by atoms with Crippen molar-refractivity contribution in [2.75, 3.05) is 6.61 Å². The average molecular weight is 257 g/mol. The summed E-state index contributed by atoms with van der Waals surface area (Å²) in [5.41, 5.74) is -0.393. The van der Waals surface area contributed by atoms with Crippen LogP contribution in [-0.2, 0) is 14.3 Å². The maximum absolute atomic E-state index is 12.0.